The minimum atomic E-state index is -0.143. The van der Waals surface area contributed by atoms with Crippen molar-refractivity contribution in [1.82, 2.24) is 5.32 Å². The summed E-state index contributed by atoms with van der Waals surface area (Å²) in [6, 6.07) is 0.207. The summed E-state index contributed by atoms with van der Waals surface area (Å²) in [6.45, 7) is 9.73. The third-order valence-corrected chi connectivity index (χ3v) is 2.88. The van der Waals surface area contributed by atoms with E-state index in [0.717, 1.165) is 5.75 Å². The van der Waals surface area contributed by atoms with E-state index in [1.807, 2.05) is 34.7 Å². The van der Waals surface area contributed by atoms with E-state index in [1.54, 1.807) is 6.92 Å². The summed E-state index contributed by atoms with van der Waals surface area (Å²) in [4.78, 5) is 10.9. The molecule has 0 saturated heterocycles. The number of carbonyl (C=O) groups is 1. The molecule has 0 aromatic carbocycles. The van der Waals surface area contributed by atoms with Crippen LogP contribution in [0.15, 0.2) is 0 Å². The number of thioether (sulfide) groups is 1. The highest BCUT2D eigenvalue weighted by Crippen LogP contribution is 2.15. The molecule has 0 heterocycles. The molecule has 3 nitrogen and oxygen atoms in total. The summed E-state index contributed by atoms with van der Waals surface area (Å²) < 4.78 is 5.84. The van der Waals surface area contributed by atoms with Crippen LogP contribution in [0.3, 0.4) is 0 Å². The van der Waals surface area contributed by atoms with Gasteiger partial charge < -0.3 is 10.1 Å². The van der Waals surface area contributed by atoms with E-state index in [1.165, 1.54) is 11.8 Å². The third-order valence-electron chi connectivity index (χ3n) is 1.94. The second kappa shape index (κ2) is 6.51. The molecular formula is C11H23NO2S. The van der Waals surface area contributed by atoms with Gasteiger partial charge in [0.25, 0.3) is 0 Å². The molecule has 2 atom stereocenters. The molecule has 0 saturated carbocycles. The van der Waals surface area contributed by atoms with Crippen molar-refractivity contribution in [3.05, 3.63) is 0 Å². The zero-order valence-electron chi connectivity index (χ0n) is 10.6. The highest BCUT2D eigenvalue weighted by atomic mass is 32.2. The van der Waals surface area contributed by atoms with Crippen molar-refractivity contribution in [2.75, 3.05) is 12.8 Å². The third kappa shape index (κ3) is 7.82. The van der Waals surface area contributed by atoms with E-state index >= 15 is 0 Å². The molecule has 0 aliphatic carbocycles. The second-order valence-corrected chi connectivity index (χ2v) is 5.83. The molecule has 0 aliphatic heterocycles. The van der Waals surface area contributed by atoms with Crippen LogP contribution in [0.25, 0.3) is 0 Å². The standard InChI is InChI=1S/C11H23NO2S/c1-8(14-11(3,4)5)10(12-6)7-15-9(2)13/h8,10,12H,7H2,1-6H3/t8-,10-/m1/s1. The molecule has 0 fully saturated rings. The summed E-state index contributed by atoms with van der Waals surface area (Å²) in [5, 5.41) is 3.33. The lowest BCUT2D eigenvalue weighted by molar-refractivity contribution is -0.109. The van der Waals surface area contributed by atoms with Crippen LogP contribution >= 0.6 is 11.8 Å². The number of hydrogen-bond donors (Lipinski definition) is 1. The van der Waals surface area contributed by atoms with Gasteiger partial charge in [0, 0.05) is 18.7 Å². The summed E-state index contributed by atoms with van der Waals surface area (Å²) in [5.74, 6) is 0.753. The van der Waals surface area contributed by atoms with E-state index in [2.05, 4.69) is 5.32 Å². The molecule has 0 spiro atoms. The Morgan fingerprint density at radius 2 is 2.00 bits per heavy atom. The van der Waals surface area contributed by atoms with Crippen LogP contribution in [0.1, 0.15) is 34.6 Å². The average molecular weight is 233 g/mol. The van der Waals surface area contributed by atoms with E-state index in [9.17, 15) is 4.79 Å². The zero-order chi connectivity index (χ0) is 12.1. The Morgan fingerprint density at radius 1 is 1.47 bits per heavy atom. The molecule has 0 aromatic rings. The topological polar surface area (TPSA) is 38.3 Å². The van der Waals surface area contributed by atoms with Crippen molar-refractivity contribution in [1.29, 1.82) is 0 Å². The minimum Gasteiger partial charge on any atom is -0.371 e. The fourth-order valence-electron chi connectivity index (χ4n) is 1.30. The van der Waals surface area contributed by atoms with Crippen molar-refractivity contribution >= 4 is 16.9 Å². The molecular weight excluding hydrogens is 210 g/mol. The van der Waals surface area contributed by atoms with Gasteiger partial charge in [0.1, 0.15) is 0 Å². The first kappa shape index (κ1) is 14.9. The maximum absolute atomic E-state index is 10.9. The quantitative estimate of drug-likeness (QED) is 0.789. The Hall–Kier alpha value is -0.0600. The summed E-state index contributed by atoms with van der Waals surface area (Å²) in [5.41, 5.74) is -0.143. The Morgan fingerprint density at radius 3 is 2.33 bits per heavy atom. The Bertz CT molecular complexity index is 201. The van der Waals surface area contributed by atoms with Gasteiger partial charge in [0.05, 0.1) is 11.7 Å². The van der Waals surface area contributed by atoms with E-state index in [0.29, 0.717) is 0 Å². The van der Waals surface area contributed by atoms with Gasteiger partial charge in [-0.3, -0.25) is 4.79 Å². The van der Waals surface area contributed by atoms with Crippen LogP contribution in [-0.2, 0) is 9.53 Å². The number of nitrogens with one attached hydrogen (secondary N) is 1. The van der Waals surface area contributed by atoms with Crippen LogP contribution in [0.5, 0.6) is 0 Å². The molecule has 0 radical (unpaired) electrons. The normalized spacial score (nSPS) is 16.1. The first-order valence-electron chi connectivity index (χ1n) is 5.24. The highest BCUT2D eigenvalue weighted by Gasteiger charge is 2.22. The lowest BCUT2D eigenvalue weighted by Gasteiger charge is -2.30. The zero-order valence-corrected chi connectivity index (χ0v) is 11.4. The Kier molecular flexibility index (Phi) is 6.48. The maximum Gasteiger partial charge on any atom is 0.185 e. The fraction of sp³-hybridized carbons (Fsp3) is 0.909. The summed E-state index contributed by atoms with van der Waals surface area (Å²) in [6.07, 6.45) is 0.0989. The van der Waals surface area contributed by atoms with Crippen molar-refractivity contribution in [2.24, 2.45) is 0 Å². The van der Waals surface area contributed by atoms with Gasteiger partial charge in [-0.05, 0) is 34.7 Å². The van der Waals surface area contributed by atoms with Gasteiger partial charge in [-0.1, -0.05) is 11.8 Å². The van der Waals surface area contributed by atoms with E-state index in [4.69, 9.17) is 4.74 Å². The summed E-state index contributed by atoms with van der Waals surface area (Å²) >= 11 is 1.34. The van der Waals surface area contributed by atoms with Gasteiger partial charge in [-0.2, -0.15) is 0 Å². The van der Waals surface area contributed by atoms with Crippen LogP contribution in [0, 0.1) is 0 Å². The SMILES string of the molecule is CN[C@H](CSC(C)=O)[C@@H](C)OC(C)(C)C. The largest absolute Gasteiger partial charge is 0.371 e. The molecule has 0 aliphatic rings. The molecule has 0 amide bonds. The van der Waals surface area contributed by atoms with Gasteiger partial charge in [0.2, 0.25) is 0 Å². The van der Waals surface area contributed by atoms with Gasteiger partial charge >= 0.3 is 0 Å². The minimum absolute atomic E-state index is 0.0989. The van der Waals surface area contributed by atoms with Crippen LogP contribution in [-0.4, -0.2) is 35.7 Å². The average Bonchev–Trinajstić information content (AvgIpc) is 2.01. The Labute approximate surface area is 97.3 Å². The first-order valence-corrected chi connectivity index (χ1v) is 6.23. The number of carbonyl (C=O) groups excluding carboxylic acids is 1. The molecule has 0 unspecified atom stereocenters. The van der Waals surface area contributed by atoms with Crippen molar-refractivity contribution in [2.45, 2.75) is 52.4 Å². The smallest absolute Gasteiger partial charge is 0.185 e. The monoisotopic (exact) mass is 233 g/mol. The Balaban J connectivity index is 4.10. The van der Waals surface area contributed by atoms with Gasteiger partial charge in [-0.25, -0.2) is 0 Å². The number of likely N-dealkylation sites (N-methyl/N-ethyl adjacent to an activating group) is 1. The molecule has 15 heavy (non-hydrogen) atoms. The lowest BCUT2D eigenvalue weighted by atomic mass is 10.1. The number of ether oxygens (including phenoxy) is 1. The summed E-state index contributed by atoms with van der Waals surface area (Å²) in [7, 11) is 1.90. The lowest BCUT2D eigenvalue weighted by Crippen LogP contribution is -2.43. The highest BCUT2D eigenvalue weighted by molar-refractivity contribution is 8.13. The van der Waals surface area contributed by atoms with Crippen molar-refractivity contribution in [3.8, 4) is 0 Å². The van der Waals surface area contributed by atoms with Crippen LogP contribution in [0.2, 0.25) is 0 Å². The molecule has 90 valence electrons. The maximum atomic E-state index is 10.9. The fourth-order valence-corrected chi connectivity index (χ4v) is 2.15. The van der Waals surface area contributed by atoms with Crippen LogP contribution in [0.4, 0.5) is 0 Å². The van der Waals surface area contributed by atoms with Gasteiger partial charge in [0.15, 0.2) is 5.12 Å². The number of hydrogen-bond acceptors (Lipinski definition) is 4. The molecule has 1 N–H and O–H groups in total. The van der Waals surface area contributed by atoms with Gasteiger partial charge in [-0.15, -0.1) is 0 Å². The van der Waals surface area contributed by atoms with Crippen molar-refractivity contribution in [3.63, 3.8) is 0 Å². The number of rotatable bonds is 5. The molecule has 0 aromatic heterocycles. The first-order chi connectivity index (χ1) is 6.76. The predicted molar refractivity (Wildman–Crippen MR) is 66.3 cm³/mol. The van der Waals surface area contributed by atoms with Crippen LogP contribution < -0.4 is 5.32 Å². The van der Waals surface area contributed by atoms with Crippen molar-refractivity contribution < 1.29 is 9.53 Å². The van der Waals surface area contributed by atoms with E-state index < -0.39 is 0 Å². The molecule has 4 heteroatoms. The molecule has 0 bridgehead atoms. The predicted octanol–water partition coefficient (Wildman–Crippen LogP) is 2.06. The molecule has 0 rings (SSSR count). The second-order valence-electron chi connectivity index (χ2n) is 4.63. The van der Waals surface area contributed by atoms with E-state index in [-0.39, 0.29) is 22.9 Å².